The molecule has 4 heteroatoms. The zero-order valence-corrected chi connectivity index (χ0v) is 7.27. The van der Waals surface area contributed by atoms with Gasteiger partial charge >= 0.3 is 0 Å². The van der Waals surface area contributed by atoms with Gasteiger partial charge in [0.25, 0.3) is 0 Å². The summed E-state index contributed by atoms with van der Waals surface area (Å²) in [5, 5.41) is 0. The molecule has 2 aliphatic rings. The first-order valence-electron chi connectivity index (χ1n) is 4.52. The molecule has 0 spiro atoms. The number of hydrogen-bond acceptors (Lipinski definition) is 4. The fraction of sp³-hybridized carbons (Fsp3) is 0.778. The molecule has 0 N–H and O–H groups in total. The molecule has 2 aliphatic heterocycles. The van der Waals surface area contributed by atoms with Crippen molar-refractivity contribution in [2.24, 2.45) is 11.8 Å². The Morgan fingerprint density at radius 2 is 2.31 bits per heavy atom. The molecule has 0 bridgehead atoms. The van der Waals surface area contributed by atoms with E-state index in [1.165, 1.54) is 0 Å². The summed E-state index contributed by atoms with van der Waals surface area (Å²) in [5.74, 6) is 0.0155. The van der Waals surface area contributed by atoms with E-state index in [9.17, 15) is 9.59 Å². The van der Waals surface area contributed by atoms with Gasteiger partial charge < -0.3 is 14.3 Å². The molecule has 2 fully saturated rings. The van der Waals surface area contributed by atoms with Crippen molar-refractivity contribution < 1.29 is 19.1 Å². The van der Waals surface area contributed by atoms with Crippen molar-refractivity contribution in [2.45, 2.75) is 19.1 Å². The van der Waals surface area contributed by atoms with E-state index in [4.69, 9.17) is 9.47 Å². The Balaban J connectivity index is 2.09. The van der Waals surface area contributed by atoms with Gasteiger partial charge in [-0.2, -0.15) is 0 Å². The first kappa shape index (κ1) is 8.84. The highest BCUT2D eigenvalue weighted by atomic mass is 16.7. The smallest absolute Gasteiger partial charge is 0.168 e. The number of ether oxygens (including phenoxy) is 2. The Labute approximate surface area is 76.2 Å². The molecule has 0 aliphatic carbocycles. The summed E-state index contributed by atoms with van der Waals surface area (Å²) in [7, 11) is 0. The molecule has 4 nitrogen and oxygen atoms in total. The van der Waals surface area contributed by atoms with Crippen LogP contribution in [0, 0.1) is 11.8 Å². The number of ketones is 1. The summed E-state index contributed by atoms with van der Waals surface area (Å²) in [6.45, 7) is 0.734. The zero-order chi connectivity index (χ0) is 9.26. The molecule has 13 heavy (non-hydrogen) atoms. The van der Waals surface area contributed by atoms with Gasteiger partial charge in [-0.3, -0.25) is 4.79 Å². The van der Waals surface area contributed by atoms with Crippen molar-refractivity contribution in [3.63, 3.8) is 0 Å². The van der Waals surface area contributed by atoms with Gasteiger partial charge in [0.05, 0.1) is 12.5 Å². The van der Waals surface area contributed by atoms with Gasteiger partial charge in [0.1, 0.15) is 12.9 Å². The molecule has 3 unspecified atom stereocenters. The van der Waals surface area contributed by atoms with E-state index >= 15 is 0 Å². The fourth-order valence-electron chi connectivity index (χ4n) is 2.06. The third-order valence-corrected chi connectivity index (χ3v) is 2.73. The maximum Gasteiger partial charge on any atom is 0.168 e. The Bertz CT molecular complexity index is 226. The minimum absolute atomic E-state index is 0.0801. The number of hydrogen-bond donors (Lipinski definition) is 0. The van der Waals surface area contributed by atoms with Gasteiger partial charge in [0.15, 0.2) is 12.1 Å². The quantitative estimate of drug-likeness (QED) is 0.573. The summed E-state index contributed by atoms with van der Waals surface area (Å²) in [4.78, 5) is 21.7. The van der Waals surface area contributed by atoms with Crippen LogP contribution in [-0.2, 0) is 19.1 Å². The van der Waals surface area contributed by atoms with Crippen LogP contribution in [0.15, 0.2) is 0 Å². The van der Waals surface area contributed by atoms with Crippen LogP contribution in [0.4, 0.5) is 0 Å². The normalized spacial score (nSPS) is 38.8. The van der Waals surface area contributed by atoms with Crippen LogP contribution < -0.4 is 0 Å². The zero-order valence-electron chi connectivity index (χ0n) is 7.27. The first-order valence-corrected chi connectivity index (χ1v) is 4.52. The number of Topliss-reactive ketones (excluding diaryl/α,β-unsaturated/α-hetero) is 1. The molecule has 3 atom stereocenters. The number of aldehydes is 1. The van der Waals surface area contributed by atoms with Gasteiger partial charge in [-0.05, 0) is 12.3 Å². The van der Waals surface area contributed by atoms with Crippen LogP contribution in [-0.4, -0.2) is 31.6 Å². The molecule has 0 aromatic heterocycles. The molecular formula is C9H12O4. The van der Waals surface area contributed by atoms with Crippen molar-refractivity contribution >= 4 is 12.1 Å². The van der Waals surface area contributed by atoms with Crippen molar-refractivity contribution in [2.75, 3.05) is 13.2 Å². The van der Waals surface area contributed by atoms with Gasteiger partial charge in [-0.25, -0.2) is 0 Å². The maximum absolute atomic E-state index is 11.4. The second kappa shape index (κ2) is 3.55. The van der Waals surface area contributed by atoms with Gasteiger partial charge in [-0.15, -0.1) is 0 Å². The number of rotatable bonds is 2. The van der Waals surface area contributed by atoms with E-state index in [1.54, 1.807) is 0 Å². The van der Waals surface area contributed by atoms with Gasteiger partial charge in [-0.1, -0.05) is 0 Å². The highest BCUT2D eigenvalue weighted by Gasteiger charge is 2.44. The second-order valence-corrected chi connectivity index (χ2v) is 3.49. The van der Waals surface area contributed by atoms with E-state index in [-0.39, 0.29) is 30.5 Å². The van der Waals surface area contributed by atoms with Crippen LogP contribution >= 0.6 is 0 Å². The molecule has 0 aromatic carbocycles. The minimum Gasteiger partial charge on any atom is -0.352 e. The molecule has 0 amide bonds. The molecule has 2 rings (SSSR count). The fourth-order valence-corrected chi connectivity index (χ4v) is 2.06. The van der Waals surface area contributed by atoms with Crippen LogP contribution in [0.3, 0.4) is 0 Å². The number of carbonyl (C=O) groups excluding carboxylic acids is 2. The third kappa shape index (κ3) is 1.51. The molecule has 0 saturated carbocycles. The minimum atomic E-state index is -0.383. The summed E-state index contributed by atoms with van der Waals surface area (Å²) in [5.41, 5.74) is 0. The topological polar surface area (TPSA) is 52.6 Å². The third-order valence-electron chi connectivity index (χ3n) is 2.73. The molecular weight excluding hydrogens is 172 g/mol. The van der Waals surface area contributed by atoms with Gasteiger partial charge in [0.2, 0.25) is 0 Å². The highest BCUT2D eigenvalue weighted by Crippen LogP contribution is 2.34. The van der Waals surface area contributed by atoms with Crippen molar-refractivity contribution in [1.82, 2.24) is 0 Å². The standard InChI is InChI=1S/C9H12O4/c10-3-1-6-2-4-12-9-8(6)7(11)5-13-9/h3,6,8-9H,1-2,4-5H2. The first-order chi connectivity index (χ1) is 6.33. The monoisotopic (exact) mass is 184 g/mol. The molecule has 0 radical (unpaired) electrons. The van der Waals surface area contributed by atoms with Crippen LogP contribution in [0.25, 0.3) is 0 Å². The molecule has 2 heterocycles. The molecule has 2 saturated heterocycles. The summed E-state index contributed by atoms with van der Waals surface area (Å²) in [6.07, 6.45) is 1.72. The van der Waals surface area contributed by atoms with E-state index in [2.05, 4.69) is 0 Å². The summed E-state index contributed by atoms with van der Waals surface area (Å²) in [6, 6.07) is 0. The van der Waals surface area contributed by atoms with Crippen LogP contribution in [0.1, 0.15) is 12.8 Å². The van der Waals surface area contributed by atoms with Crippen LogP contribution in [0.5, 0.6) is 0 Å². The van der Waals surface area contributed by atoms with E-state index in [0.717, 1.165) is 12.7 Å². The van der Waals surface area contributed by atoms with Crippen LogP contribution in [0.2, 0.25) is 0 Å². The van der Waals surface area contributed by atoms with Crippen molar-refractivity contribution in [3.8, 4) is 0 Å². The lowest BCUT2D eigenvalue weighted by molar-refractivity contribution is -0.167. The highest BCUT2D eigenvalue weighted by molar-refractivity contribution is 5.84. The van der Waals surface area contributed by atoms with E-state index in [0.29, 0.717) is 13.0 Å². The second-order valence-electron chi connectivity index (χ2n) is 3.49. The molecule has 72 valence electrons. The Morgan fingerprint density at radius 1 is 1.46 bits per heavy atom. The Kier molecular flexibility index (Phi) is 2.42. The summed E-state index contributed by atoms with van der Waals surface area (Å²) >= 11 is 0. The van der Waals surface area contributed by atoms with Gasteiger partial charge in [0, 0.05) is 6.42 Å². The van der Waals surface area contributed by atoms with E-state index in [1.807, 2.05) is 0 Å². The van der Waals surface area contributed by atoms with Crippen molar-refractivity contribution in [3.05, 3.63) is 0 Å². The van der Waals surface area contributed by atoms with E-state index < -0.39 is 0 Å². The average molecular weight is 184 g/mol. The lowest BCUT2D eigenvalue weighted by atomic mass is 9.83. The van der Waals surface area contributed by atoms with Crippen molar-refractivity contribution in [1.29, 1.82) is 0 Å². The maximum atomic E-state index is 11.4. The summed E-state index contributed by atoms with van der Waals surface area (Å²) < 4.78 is 10.4. The average Bonchev–Trinajstić information content (AvgIpc) is 2.50. The predicted molar refractivity (Wildman–Crippen MR) is 43.0 cm³/mol. The number of carbonyl (C=O) groups is 2. The SMILES string of the molecule is O=CCC1CCOC2OCC(=O)C12. The largest absolute Gasteiger partial charge is 0.352 e. The Hall–Kier alpha value is -0.740. The Morgan fingerprint density at radius 3 is 3.08 bits per heavy atom. The predicted octanol–water partition coefficient (Wildman–Crippen LogP) is 0.153. The molecule has 0 aromatic rings. The lowest BCUT2D eigenvalue weighted by Crippen LogP contribution is -2.36. The number of fused-ring (bicyclic) bond motifs is 1. The lowest BCUT2D eigenvalue weighted by Gasteiger charge is -2.30.